The second kappa shape index (κ2) is 5.43. The van der Waals surface area contributed by atoms with E-state index in [-0.39, 0.29) is 10.5 Å². The quantitative estimate of drug-likeness (QED) is 0.572. The van der Waals surface area contributed by atoms with Gasteiger partial charge in [-0.3, -0.25) is 0 Å². The number of hydrogen-bond donors (Lipinski definition) is 0. The van der Waals surface area contributed by atoms with Crippen LogP contribution in [0.5, 0.6) is 0 Å². The largest absolute Gasteiger partial charge is 0.228 e. The van der Waals surface area contributed by atoms with Crippen molar-refractivity contribution in [1.29, 1.82) is 0 Å². The van der Waals surface area contributed by atoms with Crippen LogP contribution in [-0.2, 0) is 9.84 Å². The van der Waals surface area contributed by atoms with Crippen molar-refractivity contribution < 1.29 is 8.42 Å². The van der Waals surface area contributed by atoms with E-state index in [0.29, 0.717) is 6.42 Å². The Bertz CT molecular complexity index is 1070. The Labute approximate surface area is 148 Å². The zero-order valence-electron chi connectivity index (χ0n) is 14.0. The Morgan fingerprint density at radius 1 is 0.840 bits per heavy atom. The summed E-state index contributed by atoms with van der Waals surface area (Å²) in [5.74, 6) is 0. The van der Waals surface area contributed by atoms with E-state index in [0.717, 1.165) is 19.3 Å². The van der Waals surface area contributed by atoms with E-state index >= 15 is 0 Å². The average molecular weight is 348 g/mol. The van der Waals surface area contributed by atoms with Gasteiger partial charge in [0.2, 0.25) is 0 Å². The van der Waals surface area contributed by atoms with Crippen LogP contribution in [0.3, 0.4) is 0 Å². The summed E-state index contributed by atoms with van der Waals surface area (Å²) in [6, 6.07) is 19.1. The minimum atomic E-state index is -2.99. The van der Waals surface area contributed by atoms with Gasteiger partial charge < -0.3 is 0 Å². The molecule has 25 heavy (non-hydrogen) atoms. The molecule has 0 spiro atoms. The highest BCUT2D eigenvalue weighted by molar-refractivity contribution is 7.93. The molecule has 2 heterocycles. The summed E-state index contributed by atoms with van der Waals surface area (Å²) < 4.78 is 25.3. The number of benzene rings is 3. The summed E-state index contributed by atoms with van der Waals surface area (Å²) in [5.41, 5.74) is 2.46. The molecule has 0 N–H and O–H groups in total. The maximum absolute atomic E-state index is 12.7. The van der Waals surface area contributed by atoms with Crippen molar-refractivity contribution in [3.63, 3.8) is 0 Å². The summed E-state index contributed by atoms with van der Waals surface area (Å²) in [6.07, 6.45) is 5.30. The van der Waals surface area contributed by atoms with E-state index in [9.17, 15) is 8.42 Å². The molecule has 0 aliphatic carbocycles. The first-order valence-electron chi connectivity index (χ1n) is 8.99. The van der Waals surface area contributed by atoms with Gasteiger partial charge in [-0.15, -0.1) is 0 Å². The Morgan fingerprint density at radius 2 is 1.48 bits per heavy atom. The van der Waals surface area contributed by atoms with Crippen LogP contribution in [0.25, 0.3) is 27.1 Å². The van der Waals surface area contributed by atoms with Crippen molar-refractivity contribution in [3.05, 3.63) is 66.2 Å². The van der Waals surface area contributed by atoms with E-state index < -0.39 is 9.84 Å². The zero-order valence-corrected chi connectivity index (χ0v) is 14.8. The molecule has 2 aliphatic heterocycles. The predicted molar refractivity (Wildman–Crippen MR) is 104 cm³/mol. The standard InChI is InChI=1S/C22H20O2S/c23-25(24)18-8-5-9-19(25)14-17(13-18)22-20-10-3-1-6-15(20)12-16-7-2-4-11-21(16)22/h1-4,6-7,10-13,18-19H,5,8-9,14H2. The molecule has 3 heteroatoms. The maximum atomic E-state index is 12.7. The Morgan fingerprint density at radius 3 is 2.12 bits per heavy atom. The first kappa shape index (κ1) is 15.2. The summed E-state index contributed by atoms with van der Waals surface area (Å²) in [5, 5.41) is 4.39. The lowest BCUT2D eigenvalue weighted by Gasteiger charge is -2.34. The van der Waals surface area contributed by atoms with E-state index in [4.69, 9.17) is 0 Å². The van der Waals surface area contributed by atoms with Gasteiger partial charge in [0.1, 0.15) is 0 Å². The van der Waals surface area contributed by atoms with Crippen LogP contribution in [0, 0.1) is 0 Å². The normalized spacial score (nSPS) is 25.0. The molecule has 5 rings (SSSR count). The predicted octanol–water partition coefficient (Wildman–Crippen LogP) is 5.12. The summed E-state index contributed by atoms with van der Waals surface area (Å²) in [4.78, 5) is 0. The molecule has 0 radical (unpaired) electrons. The molecule has 3 aromatic carbocycles. The summed E-state index contributed by atoms with van der Waals surface area (Å²) in [7, 11) is -2.99. The highest BCUT2D eigenvalue weighted by atomic mass is 32.2. The molecule has 126 valence electrons. The van der Waals surface area contributed by atoms with E-state index in [1.54, 1.807) is 0 Å². The van der Waals surface area contributed by atoms with Gasteiger partial charge in [0.25, 0.3) is 0 Å². The van der Waals surface area contributed by atoms with Crippen molar-refractivity contribution in [3.8, 4) is 0 Å². The molecule has 3 aromatic rings. The third-order valence-corrected chi connectivity index (χ3v) is 8.38. The van der Waals surface area contributed by atoms with Gasteiger partial charge in [-0.25, -0.2) is 8.42 Å². The van der Waals surface area contributed by atoms with Crippen molar-refractivity contribution in [2.24, 2.45) is 0 Å². The molecule has 0 aromatic heterocycles. The molecule has 2 bridgehead atoms. The SMILES string of the molecule is O=S1(=O)C2C=C(c3c4ccccc4cc4ccccc34)CC1CCC2. The van der Waals surface area contributed by atoms with E-state index in [1.807, 2.05) is 0 Å². The molecule has 0 amide bonds. The van der Waals surface area contributed by atoms with Crippen LogP contribution in [0.15, 0.2) is 60.7 Å². The Hall–Kier alpha value is -2.13. The molecule has 2 nitrogen and oxygen atoms in total. The van der Waals surface area contributed by atoms with Gasteiger partial charge in [-0.2, -0.15) is 0 Å². The highest BCUT2D eigenvalue weighted by Crippen LogP contribution is 2.43. The fraction of sp³-hybridized carbons (Fsp3) is 0.273. The van der Waals surface area contributed by atoms with Crippen LogP contribution < -0.4 is 0 Å². The van der Waals surface area contributed by atoms with Gasteiger partial charge in [-0.1, -0.05) is 61.0 Å². The maximum Gasteiger partial charge on any atom is 0.159 e. The van der Waals surface area contributed by atoms with Crippen LogP contribution in [0.2, 0.25) is 0 Å². The van der Waals surface area contributed by atoms with Crippen molar-refractivity contribution in [2.75, 3.05) is 0 Å². The molecule has 2 atom stereocenters. The number of sulfone groups is 1. The monoisotopic (exact) mass is 348 g/mol. The summed E-state index contributed by atoms with van der Waals surface area (Å²) >= 11 is 0. The number of allylic oxidation sites excluding steroid dienone is 1. The fourth-order valence-corrected chi connectivity index (χ4v) is 6.85. The van der Waals surface area contributed by atoms with Crippen LogP contribution in [0.4, 0.5) is 0 Å². The third-order valence-electron chi connectivity index (χ3n) is 5.83. The zero-order chi connectivity index (χ0) is 17.0. The van der Waals surface area contributed by atoms with Crippen molar-refractivity contribution in [2.45, 2.75) is 36.2 Å². The minimum absolute atomic E-state index is 0.205. The van der Waals surface area contributed by atoms with Gasteiger partial charge in [0, 0.05) is 0 Å². The first-order chi connectivity index (χ1) is 12.1. The number of fused-ring (bicyclic) bond motifs is 4. The third kappa shape index (κ3) is 2.26. The molecular weight excluding hydrogens is 328 g/mol. The van der Waals surface area contributed by atoms with Gasteiger partial charge in [0.15, 0.2) is 9.84 Å². The second-order valence-electron chi connectivity index (χ2n) is 7.27. The van der Waals surface area contributed by atoms with E-state index in [2.05, 4.69) is 60.7 Å². The lowest BCUT2D eigenvalue weighted by molar-refractivity contribution is 0.518. The van der Waals surface area contributed by atoms with Crippen molar-refractivity contribution >= 4 is 37.0 Å². The topological polar surface area (TPSA) is 34.1 Å². The molecular formula is C22H20O2S. The minimum Gasteiger partial charge on any atom is -0.228 e. The van der Waals surface area contributed by atoms with Crippen LogP contribution >= 0.6 is 0 Å². The van der Waals surface area contributed by atoms with Gasteiger partial charge in [0.05, 0.1) is 10.5 Å². The first-order valence-corrected chi connectivity index (χ1v) is 10.6. The van der Waals surface area contributed by atoms with Gasteiger partial charge >= 0.3 is 0 Å². The molecule has 1 saturated heterocycles. The molecule has 0 saturated carbocycles. The smallest absolute Gasteiger partial charge is 0.159 e. The van der Waals surface area contributed by atoms with Gasteiger partial charge in [-0.05, 0) is 58.0 Å². The van der Waals surface area contributed by atoms with Crippen LogP contribution in [-0.4, -0.2) is 18.9 Å². The van der Waals surface area contributed by atoms with Crippen LogP contribution in [0.1, 0.15) is 31.2 Å². The Kier molecular flexibility index (Phi) is 3.29. The summed E-state index contributed by atoms with van der Waals surface area (Å²) in [6.45, 7) is 0. The van der Waals surface area contributed by atoms with Crippen molar-refractivity contribution in [1.82, 2.24) is 0 Å². The Balaban J connectivity index is 1.84. The number of hydrogen-bond acceptors (Lipinski definition) is 2. The number of rotatable bonds is 1. The lowest BCUT2D eigenvalue weighted by Crippen LogP contribution is -2.38. The molecule has 2 unspecified atom stereocenters. The molecule has 1 fully saturated rings. The average Bonchev–Trinajstić information content (AvgIpc) is 2.59. The second-order valence-corrected chi connectivity index (χ2v) is 9.72. The highest BCUT2D eigenvalue weighted by Gasteiger charge is 2.40. The molecule has 2 aliphatic rings. The fourth-order valence-electron chi connectivity index (χ4n) is 4.60. The van der Waals surface area contributed by atoms with E-state index in [1.165, 1.54) is 32.7 Å². The lowest BCUT2D eigenvalue weighted by atomic mass is 9.87.